The normalized spacial score (nSPS) is 14.2. The van der Waals surface area contributed by atoms with Crippen molar-refractivity contribution in [3.63, 3.8) is 0 Å². The number of aliphatic hydroxyl groups excluding tert-OH is 1. The molecule has 4 heteroatoms. The minimum atomic E-state index is -2.52. The van der Waals surface area contributed by atoms with Gasteiger partial charge in [0.1, 0.15) is 0 Å². The van der Waals surface area contributed by atoms with Gasteiger partial charge < -0.3 is 10.8 Å². The van der Waals surface area contributed by atoms with E-state index in [0.29, 0.717) is 5.56 Å². The minimum Gasteiger partial charge on any atom is -0.388 e. The predicted octanol–water partition coefficient (Wildman–Crippen LogP) is 2.64. The number of halogens is 2. The first-order valence-corrected chi connectivity index (χ1v) is 5.14. The molecule has 0 aliphatic carbocycles. The summed E-state index contributed by atoms with van der Waals surface area (Å²) in [5, 5.41) is 10.0. The van der Waals surface area contributed by atoms with Crippen molar-refractivity contribution in [1.29, 1.82) is 0 Å². The molecule has 0 fully saturated rings. The maximum atomic E-state index is 12.5. The van der Waals surface area contributed by atoms with Crippen molar-refractivity contribution >= 4 is 0 Å². The quantitative estimate of drug-likeness (QED) is 0.833. The average Bonchev–Trinajstić information content (AvgIpc) is 2.28. The van der Waals surface area contributed by atoms with Crippen LogP contribution in [0.2, 0.25) is 0 Å². The van der Waals surface area contributed by atoms with Crippen LogP contribution in [0.15, 0.2) is 24.3 Å². The molecule has 1 atom stereocenters. The van der Waals surface area contributed by atoms with Crippen LogP contribution in [0.1, 0.15) is 37.5 Å². The molecular formula is C12H17F2NO. The lowest BCUT2D eigenvalue weighted by Gasteiger charge is -2.29. The zero-order chi connectivity index (χ0) is 12.3. The SMILES string of the molecule is CC(C)(CN)C(O)c1cccc(C(F)F)c1. The van der Waals surface area contributed by atoms with E-state index in [1.165, 1.54) is 18.2 Å². The van der Waals surface area contributed by atoms with Crippen LogP contribution >= 0.6 is 0 Å². The van der Waals surface area contributed by atoms with Crippen molar-refractivity contribution in [2.24, 2.45) is 11.1 Å². The summed E-state index contributed by atoms with van der Waals surface area (Å²) in [5.41, 5.74) is 5.41. The number of nitrogens with two attached hydrogens (primary N) is 1. The van der Waals surface area contributed by atoms with Gasteiger partial charge >= 0.3 is 0 Å². The summed E-state index contributed by atoms with van der Waals surface area (Å²) < 4.78 is 25.0. The molecule has 0 radical (unpaired) electrons. The minimum absolute atomic E-state index is 0.0793. The number of aliphatic hydroxyl groups is 1. The Morgan fingerprint density at radius 2 is 1.88 bits per heavy atom. The van der Waals surface area contributed by atoms with Gasteiger partial charge in [-0.05, 0) is 11.6 Å². The van der Waals surface area contributed by atoms with E-state index in [4.69, 9.17) is 5.73 Å². The largest absolute Gasteiger partial charge is 0.388 e. The van der Waals surface area contributed by atoms with Gasteiger partial charge in [-0.3, -0.25) is 0 Å². The monoisotopic (exact) mass is 229 g/mol. The molecule has 1 aromatic rings. The number of hydrogen-bond acceptors (Lipinski definition) is 2. The van der Waals surface area contributed by atoms with E-state index in [9.17, 15) is 13.9 Å². The molecule has 1 aromatic carbocycles. The van der Waals surface area contributed by atoms with Gasteiger partial charge in [0.15, 0.2) is 0 Å². The third-order valence-electron chi connectivity index (χ3n) is 2.74. The van der Waals surface area contributed by atoms with Crippen LogP contribution < -0.4 is 5.73 Å². The van der Waals surface area contributed by atoms with Crippen molar-refractivity contribution in [1.82, 2.24) is 0 Å². The first-order chi connectivity index (χ1) is 7.38. The molecule has 0 aliphatic heterocycles. The molecule has 0 aliphatic rings. The molecular weight excluding hydrogens is 212 g/mol. The third-order valence-corrected chi connectivity index (χ3v) is 2.74. The van der Waals surface area contributed by atoms with E-state index in [-0.39, 0.29) is 12.1 Å². The van der Waals surface area contributed by atoms with Gasteiger partial charge in [0.05, 0.1) is 6.10 Å². The van der Waals surface area contributed by atoms with Crippen molar-refractivity contribution in [2.45, 2.75) is 26.4 Å². The fraction of sp³-hybridized carbons (Fsp3) is 0.500. The molecule has 1 unspecified atom stereocenters. The Morgan fingerprint density at radius 1 is 1.31 bits per heavy atom. The molecule has 16 heavy (non-hydrogen) atoms. The molecule has 0 heterocycles. The smallest absolute Gasteiger partial charge is 0.263 e. The zero-order valence-electron chi connectivity index (χ0n) is 9.45. The van der Waals surface area contributed by atoms with Crippen molar-refractivity contribution in [2.75, 3.05) is 6.54 Å². The zero-order valence-corrected chi connectivity index (χ0v) is 9.45. The van der Waals surface area contributed by atoms with Crippen LogP contribution in [-0.4, -0.2) is 11.7 Å². The number of rotatable bonds is 4. The summed E-state index contributed by atoms with van der Waals surface area (Å²) in [4.78, 5) is 0. The Balaban J connectivity index is 3.00. The number of alkyl halides is 2. The second-order valence-corrected chi connectivity index (χ2v) is 4.57. The highest BCUT2D eigenvalue weighted by Crippen LogP contribution is 2.33. The van der Waals surface area contributed by atoms with Crippen molar-refractivity contribution in [3.8, 4) is 0 Å². The first kappa shape index (κ1) is 13.1. The summed E-state index contributed by atoms with van der Waals surface area (Å²) >= 11 is 0. The molecule has 90 valence electrons. The molecule has 0 saturated heterocycles. The maximum Gasteiger partial charge on any atom is 0.263 e. The van der Waals surface area contributed by atoms with Gasteiger partial charge in [-0.25, -0.2) is 8.78 Å². The van der Waals surface area contributed by atoms with Gasteiger partial charge in [-0.1, -0.05) is 32.0 Å². The van der Waals surface area contributed by atoms with Gasteiger partial charge in [0, 0.05) is 17.5 Å². The molecule has 3 N–H and O–H groups in total. The average molecular weight is 229 g/mol. The maximum absolute atomic E-state index is 12.5. The Labute approximate surface area is 94.1 Å². The van der Waals surface area contributed by atoms with Crippen LogP contribution in [0.3, 0.4) is 0 Å². The summed E-state index contributed by atoms with van der Waals surface area (Å²) in [5.74, 6) is 0. The second-order valence-electron chi connectivity index (χ2n) is 4.57. The van der Waals surface area contributed by atoms with Gasteiger partial charge in [0.2, 0.25) is 0 Å². The fourth-order valence-electron chi connectivity index (χ4n) is 1.43. The Morgan fingerprint density at radius 3 is 2.38 bits per heavy atom. The standard InChI is InChI=1S/C12H17F2NO/c1-12(2,7-15)10(16)8-4-3-5-9(6-8)11(13)14/h3-6,10-11,16H,7,15H2,1-2H3. The van der Waals surface area contributed by atoms with E-state index in [2.05, 4.69) is 0 Å². The van der Waals surface area contributed by atoms with Gasteiger partial charge in [-0.15, -0.1) is 0 Å². The van der Waals surface area contributed by atoms with Crippen LogP contribution in [0.5, 0.6) is 0 Å². The van der Waals surface area contributed by atoms with Crippen LogP contribution in [0.25, 0.3) is 0 Å². The summed E-state index contributed by atoms with van der Waals surface area (Å²) in [6.07, 6.45) is -3.36. The molecule has 0 spiro atoms. The fourth-order valence-corrected chi connectivity index (χ4v) is 1.43. The van der Waals surface area contributed by atoms with E-state index < -0.39 is 17.9 Å². The Kier molecular flexibility index (Phi) is 3.99. The van der Waals surface area contributed by atoms with E-state index in [1.807, 2.05) is 0 Å². The highest BCUT2D eigenvalue weighted by atomic mass is 19.3. The summed E-state index contributed by atoms with van der Waals surface area (Å²) in [7, 11) is 0. The topological polar surface area (TPSA) is 46.2 Å². The second kappa shape index (κ2) is 4.89. The van der Waals surface area contributed by atoms with Gasteiger partial charge in [-0.2, -0.15) is 0 Å². The number of hydrogen-bond donors (Lipinski definition) is 2. The first-order valence-electron chi connectivity index (χ1n) is 5.14. The van der Waals surface area contributed by atoms with Crippen molar-refractivity contribution < 1.29 is 13.9 Å². The van der Waals surface area contributed by atoms with Crippen molar-refractivity contribution in [3.05, 3.63) is 35.4 Å². The third kappa shape index (κ3) is 2.77. The molecule has 0 bridgehead atoms. The summed E-state index contributed by atoms with van der Waals surface area (Å²) in [6.45, 7) is 3.88. The Hall–Kier alpha value is -1.00. The van der Waals surface area contributed by atoms with E-state index >= 15 is 0 Å². The Bertz CT molecular complexity index is 353. The lowest BCUT2D eigenvalue weighted by atomic mass is 9.82. The molecule has 2 nitrogen and oxygen atoms in total. The van der Waals surface area contributed by atoms with E-state index in [0.717, 1.165) is 0 Å². The molecule has 0 amide bonds. The summed E-state index contributed by atoms with van der Waals surface area (Å²) in [6, 6.07) is 5.82. The highest BCUT2D eigenvalue weighted by Gasteiger charge is 2.28. The van der Waals surface area contributed by atoms with Crippen LogP contribution in [0, 0.1) is 5.41 Å². The lowest BCUT2D eigenvalue weighted by Crippen LogP contribution is -2.30. The molecule has 1 rings (SSSR count). The highest BCUT2D eigenvalue weighted by molar-refractivity contribution is 5.27. The lowest BCUT2D eigenvalue weighted by molar-refractivity contribution is 0.0551. The molecule has 0 aromatic heterocycles. The van der Waals surface area contributed by atoms with E-state index in [1.54, 1.807) is 19.9 Å². The van der Waals surface area contributed by atoms with Crippen LogP contribution in [0.4, 0.5) is 8.78 Å². The molecule has 0 saturated carbocycles. The predicted molar refractivity (Wildman–Crippen MR) is 59.2 cm³/mol. The van der Waals surface area contributed by atoms with Crippen LogP contribution in [-0.2, 0) is 0 Å². The number of benzene rings is 1. The van der Waals surface area contributed by atoms with Gasteiger partial charge in [0.25, 0.3) is 6.43 Å².